The van der Waals surface area contributed by atoms with Gasteiger partial charge in [0.05, 0.1) is 12.3 Å². The highest BCUT2D eigenvalue weighted by atomic mass is 16.3. The van der Waals surface area contributed by atoms with E-state index in [1.54, 1.807) is 6.33 Å². The first-order valence-corrected chi connectivity index (χ1v) is 7.08. The van der Waals surface area contributed by atoms with Gasteiger partial charge in [0.15, 0.2) is 0 Å². The predicted molar refractivity (Wildman–Crippen MR) is 70.6 cm³/mol. The summed E-state index contributed by atoms with van der Waals surface area (Å²) in [7, 11) is 0. The molecule has 1 saturated carbocycles. The average molecular weight is 247 g/mol. The minimum absolute atomic E-state index is 0.144. The second kappa shape index (κ2) is 5.22. The van der Waals surface area contributed by atoms with E-state index in [9.17, 15) is 0 Å². The summed E-state index contributed by atoms with van der Waals surface area (Å²) in [4.78, 5) is 8.89. The number of aliphatic hydroxyl groups is 1. The molecule has 0 unspecified atom stereocenters. The number of hydrogen-bond acceptors (Lipinski definition) is 4. The fourth-order valence-corrected chi connectivity index (χ4v) is 3.56. The van der Waals surface area contributed by atoms with Crippen molar-refractivity contribution < 1.29 is 5.11 Å². The smallest absolute Gasteiger partial charge is 0.132 e. The zero-order valence-electron chi connectivity index (χ0n) is 10.7. The molecular formula is C14H21N3O. The van der Waals surface area contributed by atoms with Crippen molar-refractivity contribution in [3.05, 3.63) is 17.6 Å². The van der Waals surface area contributed by atoms with Crippen molar-refractivity contribution in [2.24, 2.45) is 5.92 Å². The maximum absolute atomic E-state index is 8.91. The fourth-order valence-electron chi connectivity index (χ4n) is 3.56. The molecule has 1 heterocycles. The van der Waals surface area contributed by atoms with E-state index in [4.69, 9.17) is 5.11 Å². The topological polar surface area (TPSA) is 58.0 Å². The summed E-state index contributed by atoms with van der Waals surface area (Å²) in [5.74, 6) is 2.44. The maximum atomic E-state index is 8.91. The van der Waals surface area contributed by atoms with Gasteiger partial charge in [-0.3, -0.25) is 0 Å². The molecule has 0 amide bonds. The van der Waals surface area contributed by atoms with Crippen LogP contribution in [0.4, 0.5) is 5.82 Å². The van der Waals surface area contributed by atoms with E-state index in [1.807, 2.05) is 0 Å². The lowest BCUT2D eigenvalue weighted by atomic mass is 9.70. The fraction of sp³-hybridized carbons (Fsp3) is 0.714. The van der Waals surface area contributed by atoms with Crippen molar-refractivity contribution in [3.63, 3.8) is 0 Å². The number of aliphatic hydroxyl groups excluding tert-OH is 1. The van der Waals surface area contributed by atoms with Crippen LogP contribution in [0.25, 0.3) is 0 Å². The Kier molecular flexibility index (Phi) is 3.46. The van der Waals surface area contributed by atoms with E-state index < -0.39 is 0 Å². The molecule has 4 nitrogen and oxygen atoms in total. The molecule has 1 fully saturated rings. The molecule has 4 heteroatoms. The molecular weight excluding hydrogens is 226 g/mol. The Morgan fingerprint density at radius 3 is 3.00 bits per heavy atom. The zero-order valence-corrected chi connectivity index (χ0v) is 10.7. The molecule has 0 bridgehead atoms. The van der Waals surface area contributed by atoms with Crippen LogP contribution in [0.1, 0.15) is 49.3 Å². The highest BCUT2D eigenvalue weighted by Crippen LogP contribution is 2.45. The van der Waals surface area contributed by atoms with Crippen molar-refractivity contribution in [2.75, 3.05) is 18.5 Å². The summed E-state index contributed by atoms with van der Waals surface area (Å²) < 4.78 is 0. The highest BCUT2D eigenvalue weighted by Gasteiger charge is 2.33. The molecule has 2 aliphatic carbocycles. The first-order chi connectivity index (χ1) is 8.90. The third kappa shape index (κ3) is 2.09. The van der Waals surface area contributed by atoms with Gasteiger partial charge < -0.3 is 10.4 Å². The van der Waals surface area contributed by atoms with Crippen LogP contribution in [0.3, 0.4) is 0 Å². The van der Waals surface area contributed by atoms with Crippen LogP contribution in [-0.2, 0) is 6.42 Å². The molecule has 1 aromatic heterocycles. The van der Waals surface area contributed by atoms with Crippen LogP contribution in [0.15, 0.2) is 6.33 Å². The molecule has 2 atom stereocenters. The molecule has 0 radical (unpaired) electrons. The lowest BCUT2D eigenvalue weighted by molar-refractivity contribution is 0.270. The molecule has 98 valence electrons. The summed E-state index contributed by atoms with van der Waals surface area (Å²) in [5, 5.41) is 12.1. The minimum atomic E-state index is 0.144. The molecule has 3 rings (SSSR count). The van der Waals surface area contributed by atoms with Gasteiger partial charge in [-0.25, -0.2) is 9.97 Å². The second-order valence-electron chi connectivity index (χ2n) is 5.43. The molecule has 2 aliphatic rings. The lowest BCUT2D eigenvalue weighted by Crippen LogP contribution is -2.26. The van der Waals surface area contributed by atoms with Crippen molar-refractivity contribution in [2.45, 2.75) is 44.4 Å². The molecule has 0 spiro atoms. The number of aromatic nitrogens is 2. The number of hydrogen-bond donors (Lipinski definition) is 2. The summed E-state index contributed by atoms with van der Waals surface area (Å²) in [6.45, 7) is 0.711. The largest absolute Gasteiger partial charge is 0.395 e. The third-order valence-electron chi connectivity index (χ3n) is 4.41. The van der Waals surface area contributed by atoms with Crippen molar-refractivity contribution in [3.8, 4) is 0 Å². The standard InChI is InChI=1S/C14H21N3O/c18-8-7-15-14-12-6-5-10-3-1-2-4-11(10)13(12)16-9-17-14/h9-11,18H,1-8H2,(H,15,16,17)/t10-,11-/m0/s1. The zero-order chi connectivity index (χ0) is 12.4. The predicted octanol–water partition coefficient (Wildman–Crippen LogP) is 2.10. The van der Waals surface area contributed by atoms with Gasteiger partial charge in [-0.1, -0.05) is 12.8 Å². The van der Waals surface area contributed by atoms with Crippen LogP contribution in [0.5, 0.6) is 0 Å². The Hall–Kier alpha value is -1.16. The van der Waals surface area contributed by atoms with Crippen LogP contribution >= 0.6 is 0 Å². The van der Waals surface area contributed by atoms with E-state index >= 15 is 0 Å². The molecule has 18 heavy (non-hydrogen) atoms. The van der Waals surface area contributed by atoms with Crippen LogP contribution in [0.2, 0.25) is 0 Å². The lowest BCUT2D eigenvalue weighted by Gasteiger charge is -2.36. The first kappa shape index (κ1) is 11.9. The first-order valence-electron chi connectivity index (χ1n) is 7.08. The van der Waals surface area contributed by atoms with Gasteiger partial charge in [0, 0.05) is 18.0 Å². The maximum Gasteiger partial charge on any atom is 0.132 e. The Morgan fingerprint density at radius 1 is 1.22 bits per heavy atom. The van der Waals surface area contributed by atoms with E-state index in [2.05, 4.69) is 15.3 Å². The van der Waals surface area contributed by atoms with Crippen LogP contribution < -0.4 is 5.32 Å². The highest BCUT2D eigenvalue weighted by molar-refractivity contribution is 5.48. The van der Waals surface area contributed by atoms with Crippen LogP contribution in [-0.4, -0.2) is 28.2 Å². The summed E-state index contributed by atoms with van der Waals surface area (Å²) in [5.41, 5.74) is 2.58. The molecule has 0 aliphatic heterocycles. The van der Waals surface area contributed by atoms with Crippen molar-refractivity contribution >= 4 is 5.82 Å². The Bertz CT molecular complexity index is 422. The molecule has 0 saturated heterocycles. The average Bonchev–Trinajstić information content (AvgIpc) is 2.44. The summed E-state index contributed by atoms with van der Waals surface area (Å²) >= 11 is 0. The van der Waals surface area contributed by atoms with Crippen molar-refractivity contribution in [1.82, 2.24) is 9.97 Å². The van der Waals surface area contributed by atoms with E-state index in [0.29, 0.717) is 12.5 Å². The van der Waals surface area contributed by atoms with E-state index in [0.717, 1.165) is 18.2 Å². The Balaban J connectivity index is 1.89. The van der Waals surface area contributed by atoms with Gasteiger partial charge in [0.2, 0.25) is 0 Å². The second-order valence-corrected chi connectivity index (χ2v) is 5.43. The van der Waals surface area contributed by atoms with E-state index in [1.165, 1.54) is 43.4 Å². The summed E-state index contributed by atoms with van der Waals surface area (Å²) in [6.07, 6.45) is 9.42. The Morgan fingerprint density at radius 2 is 2.11 bits per heavy atom. The van der Waals surface area contributed by atoms with Gasteiger partial charge in [0.1, 0.15) is 12.1 Å². The number of anilines is 1. The van der Waals surface area contributed by atoms with Gasteiger partial charge in [0.25, 0.3) is 0 Å². The van der Waals surface area contributed by atoms with Crippen molar-refractivity contribution in [1.29, 1.82) is 0 Å². The number of nitrogens with one attached hydrogen (secondary N) is 1. The quantitative estimate of drug-likeness (QED) is 0.859. The summed E-state index contributed by atoms with van der Waals surface area (Å²) in [6, 6.07) is 0. The number of rotatable bonds is 3. The number of fused-ring (bicyclic) bond motifs is 3. The SMILES string of the molecule is OCCNc1ncnc2c1CC[C@@H]1CCCC[C@H]21. The van der Waals surface area contributed by atoms with Crippen LogP contribution in [0, 0.1) is 5.92 Å². The third-order valence-corrected chi connectivity index (χ3v) is 4.41. The van der Waals surface area contributed by atoms with Gasteiger partial charge in [-0.2, -0.15) is 0 Å². The minimum Gasteiger partial charge on any atom is -0.395 e. The molecule has 1 aromatic rings. The number of nitrogens with zero attached hydrogens (tertiary/aromatic N) is 2. The monoisotopic (exact) mass is 247 g/mol. The van der Waals surface area contributed by atoms with Gasteiger partial charge in [-0.15, -0.1) is 0 Å². The van der Waals surface area contributed by atoms with Gasteiger partial charge >= 0.3 is 0 Å². The Labute approximate surface area is 108 Å². The molecule has 2 N–H and O–H groups in total. The normalized spacial score (nSPS) is 26.3. The van der Waals surface area contributed by atoms with Gasteiger partial charge in [-0.05, 0) is 31.6 Å². The van der Waals surface area contributed by atoms with E-state index in [-0.39, 0.29) is 6.61 Å². The molecule has 0 aromatic carbocycles.